The first-order chi connectivity index (χ1) is 6.72. The van der Waals surface area contributed by atoms with Crippen molar-refractivity contribution in [3.05, 3.63) is 24.3 Å². The first kappa shape index (κ1) is 12.0. The van der Waals surface area contributed by atoms with Gasteiger partial charge in [-0.25, -0.2) is 22.0 Å². The Hall–Kier alpha value is -1.12. The van der Waals surface area contributed by atoms with Gasteiger partial charge in [0, 0.05) is 0 Å². The number of hydrogen-bond donors (Lipinski definition) is 2. The zero-order valence-electron chi connectivity index (χ0n) is 7.62. The van der Waals surface area contributed by atoms with Gasteiger partial charge in [0.1, 0.15) is 0 Å². The molecule has 0 aliphatic heterocycles. The fraction of sp³-hybridized carbons (Fsp3) is 0.143. The first-order valence-corrected chi connectivity index (χ1v) is 7.17. The first-order valence-electron chi connectivity index (χ1n) is 3.80. The summed E-state index contributed by atoms with van der Waals surface area (Å²) in [5.41, 5.74) is 5.41. The normalized spacial score (nSPS) is 12.6. The maximum absolute atomic E-state index is 11.5. The number of nitrogen functional groups attached to an aromatic ring is 1. The zero-order chi connectivity index (χ0) is 11.7. The van der Waals surface area contributed by atoms with Crippen LogP contribution in [0.25, 0.3) is 0 Å². The maximum Gasteiger partial charge on any atom is 0.223 e. The molecule has 0 saturated heterocycles. The Morgan fingerprint density at radius 1 is 1.07 bits per heavy atom. The van der Waals surface area contributed by atoms with E-state index in [2.05, 4.69) is 5.14 Å². The van der Waals surface area contributed by atoms with Crippen LogP contribution in [0.3, 0.4) is 0 Å². The average Bonchev–Trinajstić information content (AvgIpc) is 1.99. The van der Waals surface area contributed by atoms with Crippen molar-refractivity contribution >= 4 is 25.5 Å². The van der Waals surface area contributed by atoms with E-state index < -0.39 is 24.9 Å². The van der Waals surface area contributed by atoms with Crippen LogP contribution in [-0.4, -0.2) is 21.9 Å². The highest BCUT2D eigenvalue weighted by molar-refractivity contribution is 8.07. The smallest absolute Gasteiger partial charge is 0.223 e. The van der Waals surface area contributed by atoms with Crippen molar-refractivity contribution in [2.24, 2.45) is 5.14 Å². The van der Waals surface area contributed by atoms with Crippen molar-refractivity contribution in [3.63, 3.8) is 0 Å². The van der Waals surface area contributed by atoms with Crippen LogP contribution in [0.2, 0.25) is 0 Å². The number of anilines is 1. The van der Waals surface area contributed by atoms with Gasteiger partial charge in [0.25, 0.3) is 0 Å². The number of hydrogen-bond acceptors (Lipinski definition) is 5. The van der Waals surface area contributed by atoms with Crippen molar-refractivity contribution in [2.45, 2.75) is 4.90 Å². The van der Waals surface area contributed by atoms with Crippen molar-refractivity contribution in [1.82, 2.24) is 0 Å². The molecular weight excluding hydrogens is 240 g/mol. The highest BCUT2D eigenvalue weighted by atomic mass is 32.3. The molecule has 0 aromatic heterocycles. The van der Waals surface area contributed by atoms with Crippen molar-refractivity contribution in [1.29, 1.82) is 0 Å². The molecule has 4 N–H and O–H groups in total. The topological polar surface area (TPSA) is 120 Å². The Morgan fingerprint density at radius 3 is 2.07 bits per heavy atom. The molecule has 0 fully saturated rings. The third-order valence-corrected chi connectivity index (χ3v) is 5.17. The quantitative estimate of drug-likeness (QED) is 0.686. The van der Waals surface area contributed by atoms with Gasteiger partial charge in [0.05, 0.1) is 10.6 Å². The second kappa shape index (κ2) is 3.80. The average molecular weight is 250 g/mol. The molecule has 15 heavy (non-hydrogen) atoms. The predicted molar refractivity (Wildman–Crippen MR) is 56.0 cm³/mol. The molecule has 0 radical (unpaired) electrons. The van der Waals surface area contributed by atoms with Crippen molar-refractivity contribution in [2.75, 3.05) is 10.8 Å². The van der Waals surface area contributed by atoms with Gasteiger partial charge in [-0.15, -0.1) is 0 Å². The van der Waals surface area contributed by atoms with Crippen LogP contribution in [0.5, 0.6) is 0 Å². The Morgan fingerprint density at radius 2 is 1.60 bits per heavy atom. The summed E-state index contributed by atoms with van der Waals surface area (Å²) in [6.45, 7) is 0. The molecule has 0 heterocycles. The Labute approximate surface area is 87.9 Å². The molecule has 0 unspecified atom stereocenters. The van der Waals surface area contributed by atoms with Crippen LogP contribution >= 0.6 is 0 Å². The summed E-state index contributed by atoms with van der Waals surface area (Å²) in [5.74, 6) is 0. The lowest BCUT2D eigenvalue weighted by atomic mass is 10.3. The molecule has 0 amide bonds. The van der Waals surface area contributed by atoms with Gasteiger partial charge < -0.3 is 5.73 Å². The van der Waals surface area contributed by atoms with Gasteiger partial charge in [-0.2, -0.15) is 0 Å². The molecule has 1 aromatic rings. The molecule has 84 valence electrons. The summed E-state index contributed by atoms with van der Waals surface area (Å²) < 4.78 is 44.4. The third kappa shape index (κ3) is 3.18. The van der Waals surface area contributed by atoms with Crippen LogP contribution in [0.1, 0.15) is 0 Å². The monoisotopic (exact) mass is 250 g/mol. The van der Waals surface area contributed by atoms with Gasteiger partial charge in [0.15, 0.2) is 14.9 Å². The Bertz CT molecular complexity index is 562. The number of para-hydroxylation sites is 1. The van der Waals surface area contributed by atoms with E-state index in [-0.39, 0.29) is 10.6 Å². The second-order valence-electron chi connectivity index (χ2n) is 2.93. The SMILES string of the molecule is Nc1ccccc1S(=O)(=O)CS(N)(=O)=O. The minimum Gasteiger partial charge on any atom is -0.398 e. The van der Waals surface area contributed by atoms with Gasteiger partial charge in [-0.05, 0) is 12.1 Å². The van der Waals surface area contributed by atoms with E-state index in [4.69, 9.17) is 5.73 Å². The molecule has 0 aliphatic rings. The third-order valence-electron chi connectivity index (χ3n) is 1.57. The predicted octanol–water partition coefficient (Wildman–Crippen LogP) is -0.711. The van der Waals surface area contributed by atoms with Crippen molar-refractivity contribution in [3.8, 4) is 0 Å². The van der Waals surface area contributed by atoms with E-state index >= 15 is 0 Å². The van der Waals surface area contributed by atoms with E-state index in [0.717, 1.165) is 0 Å². The molecule has 1 rings (SSSR count). The van der Waals surface area contributed by atoms with Gasteiger partial charge in [0.2, 0.25) is 10.0 Å². The van der Waals surface area contributed by atoms with Crippen LogP contribution in [0, 0.1) is 0 Å². The highest BCUT2D eigenvalue weighted by Gasteiger charge is 2.22. The summed E-state index contributed by atoms with van der Waals surface area (Å²) in [4.78, 5) is -0.223. The number of sulfone groups is 1. The summed E-state index contributed by atoms with van der Waals surface area (Å²) in [6, 6.07) is 5.60. The summed E-state index contributed by atoms with van der Waals surface area (Å²) in [6.07, 6.45) is 0. The largest absolute Gasteiger partial charge is 0.398 e. The van der Waals surface area contributed by atoms with E-state index in [1.54, 1.807) is 6.07 Å². The second-order valence-corrected chi connectivity index (χ2v) is 6.87. The van der Waals surface area contributed by atoms with Crippen LogP contribution in [0.4, 0.5) is 5.69 Å². The van der Waals surface area contributed by atoms with Gasteiger partial charge in [-0.3, -0.25) is 0 Å². The molecule has 0 atom stereocenters. The zero-order valence-corrected chi connectivity index (χ0v) is 9.25. The maximum atomic E-state index is 11.5. The molecule has 0 saturated carbocycles. The molecule has 0 aliphatic carbocycles. The Balaban J connectivity index is 3.25. The van der Waals surface area contributed by atoms with Gasteiger partial charge >= 0.3 is 0 Å². The lowest BCUT2D eigenvalue weighted by Crippen LogP contribution is -2.23. The summed E-state index contributed by atoms with van der Waals surface area (Å²) in [5, 5.41) is 3.52. The number of nitrogens with two attached hydrogens (primary N) is 2. The van der Waals surface area contributed by atoms with Crippen LogP contribution in [-0.2, 0) is 19.9 Å². The van der Waals surface area contributed by atoms with E-state index in [1.807, 2.05) is 0 Å². The highest BCUT2D eigenvalue weighted by Crippen LogP contribution is 2.19. The molecular formula is C7H10N2O4S2. The van der Waals surface area contributed by atoms with Crippen LogP contribution < -0.4 is 10.9 Å². The lowest BCUT2D eigenvalue weighted by molar-refractivity contribution is 0.590. The summed E-state index contributed by atoms with van der Waals surface area (Å²) >= 11 is 0. The number of benzene rings is 1. The summed E-state index contributed by atoms with van der Waals surface area (Å²) in [7, 11) is -8.08. The van der Waals surface area contributed by atoms with E-state index in [1.165, 1.54) is 18.2 Å². The molecule has 6 nitrogen and oxygen atoms in total. The van der Waals surface area contributed by atoms with Crippen LogP contribution in [0.15, 0.2) is 29.2 Å². The fourth-order valence-corrected chi connectivity index (χ4v) is 3.99. The minimum absolute atomic E-state index is 0.00106. The number of primary sulfonamides is 1. The fourth-order valence-electron chi connectivity index (χ4n) is 1.04. The molecule has 8 heteroatoms. The van der Waals surface area contributed by atoms with Gasteiger partial charge in [-0.1, -0.05) is 12.1 Å². The van der Waals surface area contributed by atoms with Crippen molar-refractivity contribution < 1.29 is 16.8 Å². The molecule has 1 aromatic carbocycles. The van der Waals surface area contributed by atoms with E-state index in [9.17, 15) is 16.8 Å². The standard InChI is InChI=1S/C7H10N2O4S2/c8-6-3-1-2-4-7(6)14(10,11)5-15(9,12)13/h1-4H,5,8H2,(H2,9,12,13). The molecule has 0 bridgehead atoms. The Kier molecular flexibility index (Phi) is 3.03. The molecule has 0 spiro atoms. The number of rotatable bonds is 3. The lowest BCUT2D eigenvalue weighted by Gasteiger charge is -2.05. The van der Waals surface area contributed by atoms with E-state index in [0.29, 0.717) is 0 Å². The number of sulfonamides is 1. The minimum atomic E-state index is -4.09.